The van der Waals surface area contributed by atoms with Crippen LogP contribution >= 0.6 is 0 Å². The second-order valence-corrected chi connectivity index (χ2v) is 34.5. The molecule has 21 nitrogen and oxygen atoms in total. The van der Waals surface area contributed by atoms with Gasteiger partial charge in [0.15, 0.2) is 23.1 Å². The molecule has 0 aliphatic heterocycles. The van der Waals surface area contributed by atoms with Crippen LogP contribution in [-0.2, 0) is 57.1 Å². The first kappa shape index (κ1) is 99.4. The average Bonchev–Trinajstić information content (AvgIpc) is 0.808. The van der Waals surface area contributed by atoms with E-state index in [4.69, 9.17) is 62.6 Å². The second kappa shape index (κ2) is 45.7. The van der Waals surface area contributed by atoms with Crippen LogP contribution in [0.2, 0.25) is 0 Å². The fraction of sp³-hybridized carbons (Fsp3) is 0.456. The number of Topliss-reactive ketones (excluding diaryl/α,β-unsaturated/α-hetero) is 4. The quantitative estimate of drug-likeness (QED) is 0.0347. The summed E-state index contributed by atoms with van der Waals surface area (Å²) in [5.74, 6) is -0.147. The molecule has 0 radical (unpaired) electrons. The maximum Gasteiger partial charge on any atom is 0.201 e. The van der Waals surface area contributed by atoms with Crippen LogP contribution in [0.15, 0.2) is 218 Å². The maximum absolute atomic E-state index is 14.3. The number of rotatable bonds is 57. The van der Waals surface area contributed by atoms with E-state index in [1.165, 1.54) is 0 Å². The minimum Gasteiger partial charge on any atom is -0.486 e. The van der Waals surface area contributed by atoms with Crippen molar-refractivity contribution >= 4 is 46.3 Å². The van der Waals surface area contributed by atoms with Gasteiger partial charge in [0.25, 0.3) is 0 Å². The van der Waals surface area contributed by atoms with Crippen LogP contribution < -0.4 is 24.7 Å². The number of hydrogen-bond acceptors (Lipinski definition) is 21. The highest BCUT2D eigenvalue weighted by Gasteiger charge is 2.45. The van der Waals surface area contributed by atoms with Crippen LogP contribution in [0.5, 0.6) is 23.0 Å². The van der Waals surface area contributed by atoms with Crippen molar-refractivity contribution in [3.8, 4) is 23.0 Å². The van der Waals surface area contributed by atoms with Gasteiger partial charge in [0.1, 0.15) is 71.8 Å². The normalized spacial score (nSPS) is 16.1. The molecular weight excluding hydrogens is 1570 g/mol. The summed E-state index contributed by atoms with van der Waals surface area (Å²) in [6.45, 7) is 30.1. The Kier molecular flexibility index (Phi) is 36.7. The van der Waals surface area contributed by atoms with Crippen LogP contribution in [0, 0.1) is 5.41 Å². The molecule has 10 unspecified atom stereocenters. The number of carbonyl (C=O) groups is 8. The summed E-state index contributed by atoms with van der Waals surface area (Å²) in [6, 6.07) is 62.5. The zero-order chi connectivity index (χ0) is 90.5. The van der Waals surface area contributed by atoms with Gasteiger partial charge in [-0.15, -0.1) is 0 Å². The molecule has 0 aliphatic carbocycles. The lowest BCUT2D eigenvalue weighted by Gasteiger charge is -2.43. The SMILES string of the molecule is CCC(C)(CC(C)O[C@](C)(CC)C(=O)COc1ccc(C(=O)c2ccccc2)cc1)OCC(COCC(C)OC(C)(CC)C(=O)COc1ccc(C(=O)c2ccccc2)cc1)(COC(C)(C)CC(C)OC(C)(CC)C(=O)COc1ccc(C(=O)c2ccccc2)cc1)COC(C)(CN)CC(C)OC(C)(CC)C(=O)COc1ccc(C(=O)c2ccccc2)cc1. The number of hydrogen-bond donors (Lipinski definition) is 1. The first-order valence-electron chi connectivity index (χ1n) is 43.2. The molecule has 0 heterocycles. The molecule has 0 saturated heterocycles. The highest BCUT2D eigenvalue weighted by atomic mass is 16.6. The van der Waals surface area contributed by atoms with Crippen molar-refractivity contribution in [3.63, 3.8) is 0 Å². The van der Waals surface area contributed by atoms with Gasteiger partial charge in [-0.1, -0.05) is 156 Å². The van der Waals surface area contributed by atoms with Gasteiger partial charge in [-0.25, -0.2) is 0 Å². The molecule has 0 bridgehead atoms. The molecule has 0 amide bonds. The van der Waals surface area contributed by atoms with Crippen molar-refractivity contribution in [2.75, 3.05) is 66.0 Å². The van der Waals surface area contributed by atoms with Crippen molar-refractivity contribution in [1.29, 1.82) is 0 Å². The van der Waals surface area contributed by atoms with E-state index in [2.05, 4.69) is 0 Å². The Morgan fingerprint density at radius 3 is 0.798 bits per heavy atom. The van der Waals surface area contributed by atoms with E-state index >= 15 is 0 Å². The zero-order valence-corrected chi connectivity index (χ0v) is 75.6. The van der Waals surface area contributed by atoms with Gasteiger partial charge in [0.05, 0.1) is 79.7 Å². The molecule has 8 aromatic carbocycles. The summed E-state index contributed by atoms with van der Waals surface area (Å²) >= 11 is 0. The smallest absolute Gasteiger partial charge is 0.201 e. The van der Waals surface area contributed by atoms with E-state index in [0.717, 1.165) is 0 Å². The molecule has 0 saturated carbocycles. The monoisotopic (exact) mass is 1700 g/mol. The molecule has 0 aliphatic rings. The highest BCUT2D eigenvalue weighted by molar-refractivity contribution is 6.11. The Labute approximate surface area is 733 Å². The molecule has 0 fully saturated rings. The number of carbonyl (C=O) groups excluding carboxylic acids is 8. The molecule has 11 atom stereocenters. The van der Waals surface area contributed by atoms with Crippen molar-refractivity contribution < 1.29 is 95.2 Å². The Morgan fingerprint density at radius 2 is 0.532 bits per heavy atom. The molecule has 124 heavy (non-hydrogen) atoms. The number of ketones is 8. The summed E-state index contributed by atoms with van der Waals surface area (Å²) in [7, 11) is 0. The molecule has 0 aromatic heterocycles. The summed E-state index contributed by atoms with van der Waals surface area (Å²) in [4.78, 5) is 110. The third-order valence-corrected chi connectivity index (χ3v) is 23.4. The predicted molar refractivity (Wildman–Crippen MR) is 479 cm³/mol. The van der Waals surface area contributed by atoms with Crippen LogP contribution in [0.1, 0.15) is 233 Å². The van der Waals surface area contributed by atoms with Crippen LogP contribution in [0.3, 0.4) is 0 Å². The molecule has 21 heteroatoms. The van der Waals surface area contributed by atoms with Crippen molar-refractivity contribution in [2.24, 2.45) is 11.1 Å². The van der Waals surface area contributed by atoms with Gasteiger partial charge in [0, 0.05) is 70.3 Å². The Hall–Kier alpha value is -10.0. The molecule has 666 valence electrons. The fourth-order valence-electron chi connectivity index (χ4n) is 14.5. The Morgan fingerprint density at radius 1 is 0.290 bits per heavy atom. The lowest BCUT2D eigenvalue weighted by molar-refractivity contribution is -0.201. The average molecular weight is 1700 g/mol. The van der Waals surface area contributed by atoms with Crippen molar-refractivity contribution in [1.82, 2.24) is 0 Å². The lowest BCUT2D eigenvalue weighted by Crippen LogP contribution is -2.52. The van der Waals surface area contributed by atoms with E-state index in [1.54, 1.807) is 210 Å². The molecule has 8 aromatic rings. The molecule has 8 rings (SSSR count). The summed E-state index contributed by atoms with van der Waals surface area (Å²) in [5.41, 5.74) is 1.39. The number of benzene rings is 8. The highest BCUT2D eigenvalue weighted by Crippen LogP contribution is 2.37. The minimum absolute atomic E-state index is 0.00858. The third kappa shape index (κ3) is 28.8. The summed E-state index contributed by atoms with van der Waals surface area (Å²) in [5, 5.41) is 0. The minimum atomic E-state index is -1.33. The van der Waals surface area contributed by atoms with Gasteiger partial charge >= 0.3 is 0 Å². The molecular formula is C103H129NO20. The van der Waals surface area contributed by atoms with E-state index in [0.29, 0.717) is 99.6 Å². The van der Waals surface area contributed by atoms with E-state index < -0.39 is 69.0 Å². The predicted octanol–water partition coefficient (Wildman–Crippen LogP) is 18.7. The molecule has 0 spiro atoms. The summed E-state index contributed by atoms with van der Waals surface area (Å²) < 4.78 is 79.8. The van der Waals surface area contributed by atoms with Crippen LogP contribution in [0.25, 0.3) is 0 Å². The van der Waals surface area contributed by atoms with E-state index in [9.17, 15) is 38.4 Å². The first-order valence-corrected chi connectivity index (χ1v) is 43.2. The number of ether oxygens (including phenoxy) is 12. The van der Waals surface area contributed by atoms with Gasteiger partial charge in [-0.05, 0) is 212 Å². The third-order valence-electron chi connectivity index (χ3n) is 23.4. The Balaban J connectivity index is 1.04. The van der Waals surface area contributed by atoms with Crippen LogP contribution in [-0.4, -0.2) is 176 Å². The second-order valence-electron chi connectivity index (χ2n) is 34.5. The first-order chi connectivity index (χ1) is 58.9. The summed E-state index contributed by atoms with van der Waals surface area (Å²) in [6.07, 6.45) is 0.0215. The van der Waals surface area contributed by atoms with Gasteiger partial charge in [-0.2, -0.15) is 0 Å². The largest absolute Gasteiger partial charge is 0.486 e. The van der Waals surface area contributed by atoms with Crippen molar-refractivity contribution in [3.05, 3.63) is 263 Å². The maximum atomic E-state index is 14.3. The fourth-order valence-corrected chi connectivity index (χ4v) is 14.5. The lowest BCUT2D eigenvalue weighted by atomic mass is 9.88. The van der Waals surface area contributed by atoms with Gasteiger partial charge in [0.2, 0.25) is 23.1 Å². The van der Waals surface area contributed by atoms with Gasteiger partial charge < -0.3 is 62.6 Å². The number of nitrogens with two attached hydrogens (primary N) is 1. The van der Waals surface area contributed by atoms with Gasteiger partial charge in [-0.3, -0.25) is 38.4 Å². The molecule has 2 N–H and O–H groups in total. The Bertz CT molecular complexity index is 4590. The topological polar surface area (TPSA) is 273 Å². The van der Waals surface area contributed by atoms with E-state index in [1.807, 2.05) is 126 Å². The van der Waals surface area contributed by atoms with Crippen LogP contribution in [0.4, 0.5) is 0 Å². The van der Waals surface area contributed by atoms with E-state index in [-0.39, 0.29) is 132 Å². The zero-order valence-electron chi connectivity index (χ0n) is 75.6. The van der Waals surface area contributed by atoms with Crippen molar-refractivity contribution in [2.45, 2.75) is 233 Å². The standard InChI is InChI=1S/C103H129NO20/c1-18-97(12,60-73(7)122-100(15,20-3)89(106)64-115-85-53-45-81(46-54-85)93(110)77-37-29-24-30-38-77)119-70-103(68-113-62-75(9)124-102(17,22-5)91(108)66-117-87-57-49-83(50-58-87)95(112)79-41-33-26-34-42-79,69-118-96(10,11)59-72(6)121-99(14,19-2)88(105)63-114-84-51-43-80(44-52-84)92(109)76-35-27-23-28-36-76)71-120-98(13,67-104)61-74(8)123-101(16,21-4)90(107)65-116-86-55-47-82(48-56-86)94(111)78-39-31-25-32-40-78/h23-58,72-75H,18-22,59-71,104H2,1-17H3/t72?,73?,74?,75?,97?,98?,99?,100-,101?,102?,103?/m1/s1.